The first-order valence-corrected chi connectivity index (χ1v) is 8.65. The molecule has 6 N–H and O–H groups in total. The van der Waals surface area contributed by atoms with Gasteiger partial charge in [0.05, 0.1) is 11.3 Å². The number of carbonyl (C=O) groups is 1. The molecule has 12 heteroatoms. The zero-order chi connectivity index (χ0) is 24.1. The molecule has 0 aliphatic heterocycles. The fourth-order valence-electron chi connectivity index (χ4n) is 2.27. The molecule has 2 rings (SSSR count). The SMILES string of the molecule is N=C(/C=C(\Nc1ccc(N/C=C(\N)c2ccc(C(=O)O)cc2)cc1)C(F)(F)F)C(F)(F)F. The Hall–Kier alpha value is -3.96. The van der Waals surface area contributed by atoms with E-state index in [1.54, 1.807) is 0 Å². The number of halogens is 6. The standard InChI is InChI=1S/C20H16F6N4O2/c21-19(22,23)16(28)9-17(20(24,25)26)30-14-7-5-13(6-8-14)29-10-15(27)11-1-3-12(4-2-11)18(31)32/h1-10,28-30H,27H2,(H,31,32)/b15-10-,17-9-,28-16?. The number of allylic oxidation sites excluding steroid dienone is 2. The molecule has 2 aromatic carbocycles. The number of hydrogen-bond donors (Lipinski definition) is 5. The second kappa shape index (κ2) is 9.45. The lowest BCUT2D eigenvalue weighted by Crippen LogP contribution is -2.25. The molecule has 2 aromatic rings. The van der Waals surface area contributed by atoms with Crippen molar-refractivity contribution in [2.24, 2.45) is 5.73 Å². The number of anilines is 2. The Balaban J connectivity index is 2.11. The highest BCUT2D eigenvalue weighted by molar-refractivity contribution is 5.97. The van der Waals surface area contributed by atoms with E-state index >= 15 is 0 Å². The quantitative estimate of drug-likeness (QED) is 0.290. The second-order valence-corrected chi connectivity index (χ2v) is 6.30. The van der Waals surface area contributed by atoms with Crippen molar-refractivity contribution in [1.82, 2.24) is 0 Å². The fourth-order valence-corrected chi connectivity index (χ4v) is 2.27. The lowest BCUT2D eigenvalue weighted by molar-refractivity contribution is -0.0905. The summed E-state index contributed by atoms with van der Waals surface area (Å²) in [5, 5.41) is 20.3. The van der Waals surface area contributed by atoms with Crippen LogP contribution in [0, 0.1) is 5.41 Å². The molecule has 0 heterocycles. The summed E-state index contributed by atoms with van der Waals surface area (Å²) in [5.74, 6) is -1.09. The molecule has 0 spiro atoms. The van der Waals surface area contributed by atoms with E-state index in [0.29, 0.717) is 11.3 Å². The zero-order valence-electron chi connectivity index (χ0n) is 16.0. The molecular weight excluding hydrogens is 442 g/mol. The molecule has 0 saturated carbocycles. The number of benzene rings is 2. The van der Waals surface area contributed by atoms with Crippen LogP contribution in [0.4, 0.5) is 37.7 Å². The second-order valence-electron chi connectivity index (χ2n) is 6.30. The van der Waals surface area contributed by atoms with Gasteiger partial charge in [-0.25, -0.2) is 4.79 Å². The summed E-state index contributed by atoms with van der Waals surface area (Å²) in [5.41, 5.74) is 3.10. The van der Waals surface area contributed by atoms with Crippen LogP contribution in [0.15, 0.2) is 66.5 Å². The van der Waals surface area contributed by atoms with Crippen molar-refractivity contribution in [3.8, 4) is 0 Å². The molecule has 170 valence electrons. The molecule has 0 aliphatic rings. The molecule has 0 aromatic heterocycles. The predicted molar refractivity (Wildman–Crippen MR) is 107 cm³/mol. The van der Waals surface area contributed by atoms with Crippen LogP contribution >= 0.6 is 0 Å². The number of alkyl halides is 6. The fraction of sp³-hybridized carbons (Fsp3) is 0.100. The largest absolute Gasteiger partial charge is 0.478 e. The first-order chi connectivity index (χ1) is 14.8. The minimum absolute atomic E-state index is 0.0789. The Labute approximate surface area is 177 Å². The highest BCUT2D eigenvalue weighted by Gasteiger charge is 2.39. The maximum absolute atomic E-state index is 13.0. The number of carboxylic acids is 1. The monoisotopic (exact) mass is 458 g/mol. The molecule has 0 unspecified atom stereocenters. The van der Waals surface area contributed by atoms with Crippen LogP contribution in [0.3, 0.4) is 0 Å². The number of hydrogen-bond acceptors (Lipinski definition) is 5. The summed E-state index contributed by atoms with van der Waals surface area (Å²) < 4.78 is 76.2. The number of nitrogens with one attached hydrogen (secondary N) is 3. The van der Waals surface area contributed by atoms with Gasteiger partial charge in [-0.2, -0.15) is 26.3 Å². The minimum Gasteiger partial charge on any atom is -0.478 e. The summed E-state index contributed by atoms with van der Waals surface area (Å²) in [4.78, 5) is 10.8. The third-order valence-electron chi connectivity index (χ3n) is 3.92. The van der Waals surface area contributed by atoms with Crippen molar-refractivity contribution < 1.29 is 36.2 Å². The van der Waals surface area contributed by atoms with Gasteiger partial charge in [-0.1, -0.05) is 12.1 Å². The molecule has 0 saturated heterocycles. The van der Waals surface area contributed by atoms with E-state index in [0.717, 1.165) is 0 Å². The van der Waals surface area contributed by atoms with Crippen molar-refractivity contribution in [2.45, 2.75) is 12.4 Å². The van der Waals surface area contributed by atoms with Gasteiger partial charge in [-0.05, 0) is 48.0 Å². The predicted octanol–water partition coefficient (Wildman–Crippen LogP) is 5.19. The van der Waals surface area contributed by atoms with Crippen LogP contribution in [0.25, 0.3) is 5.70 Å². The lowest BCUT2D eigenvalue weighted by atomic mass is 10.1. The highest BCUT2D eigenvalue weighted by atomic mass is 19.4. The Kier molecular flexibility index (Phi) is 7.18. The molecule has 0 atom stereocenters. The molecule has 0 bridgehead atoms. The van der Waals surface area contributed by atoms with E-state index in [1.165, 1.54) is 54.7 Å². The number of aromatic carboxylic acids is 1. The molecule has 0 fully saturated rings. The van der Waals surface area contributed by atoms with E-state index in [2.05, 4.69) is 5.32 Å². The number of rotatable bonds is 7. The van der Waals surface area contributed by atoms with Gasteiger partial charge >= 0.3 is 18.3 Å². The maximum atomic E-state index is 13.0. The van der Waals surface area contributed by atoms with Crippen LogP contribution < -0.4 is 16.4 Å². The zero-order valence-corrected chi connectivity index (χ0v) is 16.0. The third kappa shape index (κ3) is 6.79. The minimum atomic E-state index is -5.22. The van der Waals surface area contributed by atoms with E-state index in [9.17, 15) is 31.1 Å². The van der Waals surface area contributed by atoms with Crippen LogP contribution in [-0.4, -0.2) is 29.1 Å². The van der Waals surface area contributed by atoms with E-state index in [-0.39, 0.29) is 23.0 Å². The molecule has 32 heavy (non-hydrogen) atoms. The number of carboxylic acid groups (broad SMARTS) is 1. The van der Waals surface area contributed by atoms with Gasteiger partial charge in [-0.15, -0.1) is 0 Å². The highest BCUT2D eigenvalue weighted by Crippen LogP contribution is 2.29. The van der Waals surface area contributed by atoms with Crippen LogP contribution in [0.5, 0.6) is 0 Å². The Bertz CT molecular complexity index is 1040. The summed E-state index contributed by atoms with van der Waals surface area (Å²) in [6.45, 7) is 0. The Morgan fingerprint density at radius 1 is 0.875 bits per heavy atom. The van der Waals surface area contributed by atoms with Crippen LogP contribution in [0.2, 0.25) is 0 Å². The van der Waals surface area contributed by atoms with Gasteiger partial charge in [0, 0.05) is 17.6 Å². The van der Waals surface area contributed by atoms with Gasteiger partial charge in [0.2, 0.25) is 0 Å². The maximum Gasteiger partial charge on any atom is 0.432 e. The van der Waals surface area contributed by atoms with E-state index in [4.69, 9.17) is 16.2 Å². The van der Waals surface area contributed by atoms with Crippen molar-refractivity contribution in [2.75, 3.05) is 10.6 Å². The van der Waals surface area contributed by atoms with Gasteiger partial charge in [-0.3, -0.25) is 5.41 Å². The lowest BCUT2D eigenvalue weighted by Gasteiger charge is -2.16. The normalized spacial score (nSPS) is 12.9. The summed E-state index contributed by atoms with van der Waals surface area (Å²) >= 11 is 0. The first kappa shape index (κ1) is 24.3. The van der Waals surface area contributed by atoms with Crippen molar-refractivity contribution in [3.05, 3.63) is 77.6 Å². The molecule has 6 nitrogen and oxygen atoms in total. The number of nitrogens with two attached hydrogens (primary N) is 1. The van der Waals surface area contributed by atoms with Crippen molar-refractivity contribution in [1.29, 1.82) is 5.41 Å². The summed E-state index contributed by atoms with van der Waals surface area (Å²) in [6.07, 6.45) is -9.30. The Morgan fingerprint density at radius 3 is 1.84 bits per heavy atom. The van der Waals surface area contributed by atoms with Gasteiger partial charge < -0.3 is 21.5 Å². The van der Waals surface area contributed by atoms with E-state index < -0.39 is 29.7 Å². The van der Waals surface area contributed by atoms with Gasteiger partial charge in [0.15, 0.2) is 0 Å². The van der Waals surface area contributed by atoms with Crippen molar-refractivity contribution >= 4 is 28.8 Å². The first-order valence-electron chi connectivity index (χ1n) is 8.65. The topological polar surface area (TPSA) is 111 Å². The molecule has 0 radical (unpaired) electrons. The average molecular weight is 458 g/mol. The van der Waals surface area contributed by atoms with Gasteiger partial charge in [0.25, 0.3) is 0 Å². The van der Waals surface area contributed by atoms with Crippen LogP contribution in [0.1, 0.15) is 15.9 Å². The molecule has 0 aliphatic carbocycles. The summed E-state index contributed by atoms with van der Waals surface area (Å²) in [6, 6.07) is 10.8. The average Bonchev–Trinajstić information content (AvgIpc) is 2.71. The Morgan fingerprint density at radius 2 is 1.38 bits per heavy atom. The van der Waals surface area contributed by atoms with Crippen LogP contribution in [-0.2, 0) is 0 Å². The third-order valence-corrected chi connectivity index (χ3v) is 3.92. The molecule has 0 amide bonds. The molecular formula is C20H16F6N4O2. The smallest absolute Gasteiger partial charge is 0.432 e. The van der Waals surface area contributed by atoms with E-state index in [1.807, 2.05) is 5.32 Å². The van der Waals surface area contributed by atoms with Gasteiger partial charge in [0.1, 0.15) is 11.4 Å². The summed E-state index contributed by atoms with van der Waals surface area (Å²) in [7, 11) is 0. The van der Waals surface area contributed by atoms with Crippen molar-refractivity contribution in [3.63, 3.8) is 0 Å².